The third kappa shape index (κ3) is 1.40. The number of Topliss-reactive ketones (excluding diaryl/α,β-unsaturated/α-hetero) is 1. The van der Waals surface area contributed by atoms with Crippen molar-refractivity contribution in [2.45, 2.75) is 38.1 Å². The monoisotopic (exact) mass is 167 g/mol. The highest BCUT2D eigenvalue weighted by molar-refractivity contribution is 5.80. The molecule has 1 heterocycles. The van der Waals surface area contributed by atoms with Crippen molar-refractivity contribution >= 4 is 5.78 Å². The van der Waals surface area contributed by atoms with E-state index in [1.165, 1.54) is 19.4 Å². The molecule has 2 fully saturated rings. The second-order valence-electron chi connectivity index (χ2n) is 4.23. The summed E-state index contributed by atoms with van der Waals surface area (Å²) in [6.07, 6.45) is 5.48. The maximum absolute atomic E-state index is 11.1. The maximum Gasteiger partial charge on any atom is 0.133 e. The summed E-state index contributed by atoms with van der Waals surface area (Å²) in [5.41, 5.74) is 0. The molecule has 2 heteroatoms. The summed E-state index contributed by atoms with van der Waals surface area (Å²) in [6, 6.07) is 0.719. The Morgan fingerprint density at radius 1 is 1.42 bits per heavy atom. The number of carbonyl (C=O) groups excluding carboxylic acids is 1. The molecule has 2 unspecified atom stereocenters. The normalized spacial score (nSPS) is 37.9. The zero-order valence-corrected chi connectivity index (χ0v) is 7.75. The lowest BCUT2D eigenvalue weighted by atomic mass is 9.96. The fraction of sp³-hybridized carbons (Fsp3) is 0.900. The van der Waals surface area contributed by atoms with Gasteiger partial charge < -0.3 is 4.90 Å². The predicted molar refractivity (Wildman–Crippen MR) is 48.0 cm³/mol. The fourth-order valence-corrected chi connectivity index (χ4v) is 2.70. The Balaban J connectivity index is 1.95. The van der Waals surface area contributed by atoms with E-state index in [1.807, 2.05) is 0 Å². The number of ketones is 1. The van der Waals surface area contributed by atoms with Crippen molar-refractivity contribution in [2.24, 2.45) is 5.92 Å². The van der Waals surface area contributed by atoms with Gasteiger partial charge in [-0.2, -0.15) is 0 Å². The highest BCUT2D eigenvalue weighted by Crippen LogP contribution is 2.32. The van der Waals surface area contributed by atoms with Crippen LogP contribution in [0, 0.1) is 5.92 Å². The fourth-order valence-electron chi connectivity index (χ4n) is 2.70. The molecule has 1 saturated carbocycles. The summed E-state index contributed by atoms with van der Waals surface area (Å²) in [4.78, 5) is 13.5. The summed E-state index contributed by atoms with van der Waals surface area (Å²) < 4.78 is 0. The van der Waals surface area contributed by atoms with Gasteiger partial charge in [0.2, 0.25) is 0 Å². The third-order valence-electron chi connectivity index (χ3n) is 3.40. The Kier molecular flexibility index (Phi) is 2.18. The zero-order valence-electron chi connectivity index (χ0n) is 7.75. The third-order valence-corrected chi connectivity index (χ3v) is 3.40. The molecule has 0 bridgehead atoms. The van der Waals surface area contributed by atoms with Crippen LogP contribution < -0.4 is 0 Å². The summed E-state index contributed by atoms with van der Waals surface area (Å²) in [5.74, 6) is 1.17. The Hall–Kier alpha value is -0.370. The van der Waals surface area contributed by atoms with Crippen molar-refractivity contribution in [3.05, 3.63) is 0 Å². The number of nitrogens with zero attached hydrogens (tertiary/aromatic N) is 1. The molecule has 0 aromatic heterocycles. The second-order valence-corrected chi connectivity index (χ2v) is 4.23. The summed E-state index contributed by atoms with van der Waals surface area (Å²) in [7, 11) is 2.19. The lowest BCUT2D eigenvalue weighted by Gasteiger charge is -2.24. The van der Waals surface area contributed by atoms with Crippen LogP contribution in [0.25, 0.3) is 0 Å². The minimum atomic E-state index is 0.486. The highest BCUT2D eigenvalue weighted by Gasteiger charge is 2.33. The van der Waals surface area contributed by atoms with Gasteiger partial charge in [0, 0.05) is 18.9 Å². The summed E-state index contributed by atoms with van der Waals surface area (Å²) in [6.45, 7) is 1.23. The average molecular weight is 167 g/mol. The van der Waals surface area contributed by atoms with Gasteiger partial charge in [0.1, 0.15) is 5.78 Å². The average Bonchev–Trinajstić information content (AvgIpc) is 2.58. The van der Waals surface area contributed by atoms with E-state index in [0.29, 0.717) is 11.7 Å². The summed E-state index contributed by atoms with van der Waals surface area (Å²) >= 11 is 0. The lowest BCUT2D eigenvalue weighted by Crippen LogP contribution is -2.31. The summed E-state index contributed by atoms with van der Waals surface area (Å²) in [5, 5.41) is 0. The number of hydrogen-bond acceptors (Lipinski definition) is 2. The molecule has 0 amide bonds. The molecule has 68 valence electrons. The molecular formula is C10H17NO. The van der Waals surface area contributed by atoms with E-state index >= 15 is 0 Å². The van der Waals surface area contributed by atoms with Crippen LogP contribution in [0.2, 0.25) is 0 Å². The standard InChI is InChI=1S/C10H17NO/c1-11-6-2-3-10(11)8-4-5-9(12)7-8/h8,10H,2-7H2,1H3. The van der Waals surface area contributed by atoms with E-state index in [-0.39, 0.29) is 0 Å². The van der Waals surface area contributed by atoms with E-state index in [4.69, 9.17) is 0 Å². The van der Waals surface area contributed by atoms with E-state index in [0.717, 1.165) is 25.3 Å². The van der Waals surface area contributed by atoms with E-state index in [9.17, 15) is 4.79 Å². The van der Waals surface area contributed by atoms with Crippen molar-refractivity contribution in [1.29, 1.82) is 0 Å². The molecule has 0 N–H and O–H groups in total. The first kappa shape index (κ1) is 8.24. The van der Waals surface area contributed by atoms with Crippen molar-refractivity contribution in [3.63, 3.8) is 0 Å². The van der Waals surface area contributed by atoms with Gasteiger partial charge in [0.25, 0.3) is 0 Å². The minimum absolute atomic E-state index is 0.486. The highest BCUT2D eigenvalue weighted by atomic mass is 16.1. The van der Waals surface area contributed by atoms with Crippen molar-refractivity contribution in [3.8, 4) is 0 Å². The number of rotatable bonds is 1. The van der Waals surface area contributed by atoms with Crippen LogP contribution in [0.5, 0.6) is 0 Å². The Morgan fingerprint density at radius 3 is 2.75 bits per heavy atom. The van der Waals surface area contributed by atoms with Gasteiger partial charge >= 0.3 is 0 Å². The van der Waals surface area contributed by atoms with Crippen LogP contribution in [-0.4, -0.2) is 30.3 Å². The minimum Gasteiger partial charge on any atom is -0.303 e. The van der Waals surface area contributed by atoms with Gasteiger partial charge in [-0.05, 0) is 38.8 Å². The Labute approximate surface area is 73.9 Å². The van der Waals surface area contributed by atoms with E-state index in [2.05, 4.69) is 11.9 Å². The van der Waals surface area contributed by atoms with Crippen LogP contribution in [0.3, 0.4) is 0 Å². The number of carbonyl (C=O) groups is 1. The first-order chi connectivity index (χ1) is 5.77. The van der Waals surface area contributed by atoms with Crippen molar-refractivity contribution in [2.75, 3.05) is 13.6 Å². The van der Waals surface area contributed by atoms with Gasteiger partial charge in [-0.25, -0.2) is 0 Å². The quantitative estimate of drug-likeness (QED) is 0.589. The Morgan fingerprint density at radius 2 is 2.25 bits per heavy atom. The van der Waals surface area contributed by atoms with Crippen LogP contribution >= 0.6 is 0 Å². The molecule has 1 aliphatic heterocycles. The second kappa shape index (κ2) is 3.17. The van der Waals surface area contributed by atoms with Crippen LogP contribution in [0.1, 0.15) is 32.1 Å². The topological polar surface area (TPSA) is 20.3 Å². The van der Waals surface area contributed by atoms with E-state index < -0.39 is 0 Å². The van der Waals surface area contributed by atoms with Crippen molar-refractivity contribution in [1.82, 2.24) is 4.90 Å². The van der Waals surface area contributed by atoms with Gasteiger partial charge in [0.05, 0.1) is 0 Å². The molecule has 0 spiro atoms. The number of likely N-dealkylation sites (tertiary alicyclic amines) is 1. The first-order valence-corrected chi connectivity index (χ1v) is 4.99. The zero-order chi connectivity index (χ0) is 8.55. The van der Waals surface area contributed by atoms with Crippen LogP contribution in [-0.2, 0) is 4.79 Å². The SMILES string of the molecule is CN1CCCC1C1CCC(=O)C1. The van der Waals surface area contributed by atoms with Gasteiger partial charge in [-0.3, -0.25) is 4.79 Å². The van der Waals surface area contributed by atoms with Crippen LogP contribution in [0.4, 0.5) is 0 Å². The molecule has 1 aliphatic carbocycles. The predicted octanol–water partition coefficient (Wildman–Crippen LogP) is 1.45. The molecular weight excluding hydrogens is 150 g/mol. The molecule has 2 rings (SSSR count). The molecule has 2 atom stereocenters. The molecule has 2 nitrogen and oxygen atoms in total. The largest absolute Gasteiger partial charge is 0.303 e. The molecule has 0 aromatic carbocycles. The van der Waals surface area contributed by atoms with Gasteiger partial charge in [0.15, 0.2) is 0 Å². The van der Waals surface area contributed by atoms with Gasteiger partial charge in [-0.1, -0.05) is 0 Å². The van der Waals surface area contributed by atoms with Gasteiger partial charge in [-0.15, -0.1) is 0 Å². The van der Waals surface area contributed by atoms with Crippen molar-refractivity contribution < 1.29 is 4.79 Å². The molecule has 0 radical (unpaired) electrons. The smallest absolute Gasteiger partial charge is 0.133 e. The molecule has 2 aliphatic rings. The van der Waals surface area contributed by atoms with E-state index in [1.54, 1.807) is 0 Å². The molecule has 0 aromatic rings. The Bertz CT molecular complexity index is 190. The lowest BCUT2D eigenvalue weighted by molar-refractivity contribution is -0.117. The van der Waals surface area contributed by atoms with Crippen LogP contribution in [0.15, 0.2) is 0 Å². The number of hydrogen-bond donors (Lipinski definition) is 0. The first-order valence-electron chi connectivity index (χ1n) is 4.99. The molecule has 1 saturated heterocycles. The molecule has 12 heavy (non-hydrogen) atoms. The maximum atomic E-state index is 11.1.